The summed E-state index contributed by atoms with van der Waals surface area (Å²) in [6, 6.07) is 4.02. The van der Waals surface area contributed by atoms with Crippen molar-refractivity contribution in [3.8, 4) is 0 Å². The van der Waals surface area contributed by atoms with Gasteiger partial charge in [0.2, 0.25) is 5.91 Å². The SMILES string of the molecule is CCCCCCC(C)NC(=O)C1CCN(C(=O)c2cccs2)CC1. The van der Waals surface area contributed by atoms with Crippen molar-refractivity contribution in [1.82, 2.24) is 10.2 Å². The Morgan fingerprint density at radius 2 is 2.04 bits per heavy atom. The second kappa shape index (κ2) is 9.82. The van der Waals surface area contributed by atoms with Crippen molar-refractivity contribution in [1.29, 1.82) is 0 Å². The molecule has 1 aromatic heterocycles. The molecule has 0 radical (unpaired) electrons. The molecule has 0 aliphatic carbocycles. The van der Waals surface area contributed by atoms with Crippen LogP contribution in [0.1, 0.15) is 68.5 Å². The zero-order chi connectivity index (χ0) is 17.4. The van der Waals surface area contributed by atoms with Crippen molar-refractivity contribution < 1.29 is 9.59 Å². The summed E-state index contributed by atoms with van der Waals surface area (Å²) < 4.78 is 0. The molecular weight excluding hydrogens is 320 g/mol. The minimum atomic E-state index is 0.0514. The normalized spacial score (nSPS) is 16.8. The van der Waals surface area contributed by atoms with Crippen LogP contribution in [0.15, 0.2) is 17.5 Å². The van der Waals surface area contributed by atoms with E-state index in [4.69, 9.17) is 0 Å². The van der Waals surface area contributed by atoms with Crippen LogP contribution in [0.4, 0.5) is 0 Å². The third-order valence-corrected chi connectivity index (χ3v) is 5.62. The maximum Gasteiger partial charge on any atom is 0.263 e. The zero-order valence-corrected chi connectivity index (χ0v) is 15.7. The average Bonchev–Trinajstić information content (AvgIpc) is 3.13. The van der Waals surface area contributed by atoms with Gasteiger partial charge in [0.25, 0.3) is 5.91 Å². The second-order valence-electron chi connectivity index (χ2n) is 6.80. The molecule has 1 N–H and O–H groups in total. The van der Waals surface area contributed by atoms with Crippen LogP contribution in [-0.4, -0.2) is 35.8 Å². The molecule has 4 nitrogen and oxygen atoms in total. The lowest BCUT2D eigenvalue weighted by molar-refractivity contribution is -0.126. The molecular formula is C19H30N2O2S. The molecule has 1 unspecified atom stereocenters. The lowest BCUT2D eigenvalue weighted by Gasteiger charge is -2.31. The summed E-state index contributed by atoms with van der Waals surface area (Å²) in [7, 11) is 0. The van der Waals surface area contributed by atoms with Crippen LogP contribution in [0.2, 0.25) is 0 Å². The maximum absolute atomic E-state index is 12.4. The first-order valence-corrected chi connectivity index (χ1v) is 10.1. The van der Waals surface area contributed by atoms with E-state index < -0.39 is 0 Å². The standard InChI is InChI=1S/C19H30N2O2S/c1-3-4-5-6-8-15(2)20-18(22)16-10-12-21(13-11-16)19(23)17-9-7-14-24-17/h7,9,14-16H,3-6,8,10-13H2,1-2H3,(H,20,22). The van der Waals surface area contributed by atoms with Gasteiger partial charge < -0.3 is 10.2 Å². The summed E-state index contributed by atoms with van der Waals surface area (Å²) in [5.41, 5.74) is 0. The largest absolute Gasteiger partial charge is 0.353 e. The van der Waals surface area contributed by atoms with E-state index in [2.05, 4.69) is 19.2 Å². The molecule has 24 heavy (non-hydrogen) atoms. The third-order valence-electron chi connectivity index (χ3n) is 4.76. The monoisotopic (exact) mass is 350 g/mol. The summed E-state index contributed by atoms with van der Waals surface area (Å²) in [4.78, 5) is 27.4. The van der Waals surface area contributed by atoms with Crippen LogP contribution in [-0.2, 0) is 4.79 Å². The molecule has 5 heteroatoms. The van der Waals surface area contributed by atoms with Gasteiger partial charge in [-0.2, -0.15) is 0 Å². The highest BCUT2D eigenvalue weighted by Crippen LogP contribution is 2.21. The number of hydrogen-bond donors (Lipinski definition) is 1. The first-order chi connectivity index (χ1) is 11.6. The van der Waals surface area contributed by atoms with Crippen LogP contribution < -0.4 is 5.32 Å². The number of hydrogen-bond acceptors (Lipinski definition) is 3. The average molecular weight is 351 g/mol. The van der Waals surface area contributed by atoms with Gasteiger partial charge in [0.15, 0.2) is 0 Å². The summed E-state index contributed by atoms with van der Waals surface area (Å²) in [5, 5.41) is 5.08. The molecule has 134 valence electrons. The molecule has 2 rings (SSSR count). The predicted octanol–water partition coefficient (Wildman–Crippen LogP) is 4.08. The number of nitrogens with zero attached hydrogens (tertiary/aromatic N) is 1. The third kappa shape index (κ3) is 5.62. The lowest BCUT2D eigenvalue weighted by atomic mass is 9.95. The van der Waals surface area contributed by atoms with Gasteiger partial charge in [-0.25, -0.2) is 0 Å². The first kappa shape index (κ1) is 19.0. The second-order valence-corrected chi connectivity index (χ2v) is 7.75. The number of amides is 2. The van der Waals surface area contributed by atoms with Crippen LogP contribution in [0.5, 0.6) is 0 Å². The maximum atomic E-state index is 12.4. The highest BCUT2D eigenvalue weighted by molar-refractivity contribution is 7.12. The predicted molar refractivity (Wildman–Crippen MR) is 99.3 cm³/mol. The fourth-order valence-electron chi connectivity index (χ4n) is 3.21. The van der Waals surface area contributed by atoms with Gasteiger partial charge >= 0.3 is 0 Å². The molecule has 0 bridgehead atoms. The fraction of sp³-hybridized carbons (Fsp3) is 0.684. The summed E-state index contributed by atoms with van der Waals surface area (Å²) in [5.74, 6) is 0.324. The van der Waals surface area contributed by atoms with Gasteiger partial charge in [0.1, 0.15) is 0 Å². The van der Waals surface area contributed by atoms with Crippen molar-refractivity contribution in [2.75, 3.05) is 13.1 Å². The van der Waals surface area contributed by atoms with Gasteiger partial charge in [-0.05, 0) is 37.6 Å². The van der Waals surface area contributed by atoms with Crippen LogP contribution >= 0.6 is 11.3 Å². The number of carbonyl (C=O) groups is 2. The lowest BCUT2D eigenvalue weighted by Crippen LogP contribution is -2.44. The van der Waals surface area contributed by atoms with Crippen molar-refractivity contribution >= 4 is 23.2 Å². The Morgan fingerprint density at radius 3 is 2.67 bits per heavy atom. The van der Waals surface area contributed by atoms with E-state index in [9.17, 15) is 9.59 Å². The van der Waals surface area contributed by atoms with Crippen LogP contribution in [0, 0.1) is 5.92 Å². The smallest absolute Gasteiger partial charge is 0.263 e. The topological polar surface area (TPSA) is 49.4 Å². The molecule has 1 aliphatic rings. The molecule has 0 aromatic carbocycles. The van der Waals surface area contributed by atoms with Gasteiger partial charge in [0, 0.05) is 25.0 Å². The van der Waals surface area contributed by atoms with E-state index in [0.29, 0.717) is 13.1 Å². The minimum absolute atomic E-state index is 0.0514. The Hall–Kier alpha value is -1.36. The van der Waals surface area contributed by atoms with Crippen molar-refractivity contribution in [3.63, 3.8) is 0 Å². The van der Waals surface area contributed by atoms with E-state index in [0.717, 1.165) is 24.1 Å². The molecule has 1 saturated heterocycles. The summed E-state index contributed by atoms with van der Waals surface area (Å²) >= 11 is 1.48. The van der Waals surface area contributed by atoms with Gasteiger partial charge in [0.05, 0.1) is 4.88 Å². The fourth-order valence-corrected chi connectivity index (χ4v) is 3.90. The number of rotatable bonds is 8. The number of unbranched alkanes of at least 4 members (excludes halogenated alkanes) is 3. The quantitative estimate of drug-likeness (QED) is 0.718. The number of likely N-dealkylation sites (tertiary alicyclic amines) is 1. The summed E-state index contributed by atoms with van der Waals surface area (Å²) in [6.07, 6.45) is 7.54. The van der Waals surface area contributed by atoms with Crippen molar-refractivity contribution in [2.24, 2.45) is 5.92 Å². The molecule has 0 saturated carbocycles. The van der Waals surface area contributed by atoms with Crippen molar-refractivity contribution in [2.45, 2.75) is 64.8 Å². The molecule has 0 spiro atoms. The Labute approximate surface area is 149 Å². The summed E-state index contributed by atoms with van der Waals surface area (Å²) in [6.45, 7) is 5.67. The number of carbonyl (C=O) groups excluding carboxylic acids is 2. The molecule has 1 aromatic rings. The zero-order valence-electron chi connectivity index (χ0n) is 14.9. The molecule has 2 amide bonds. The molecule has 2 heterocycles. The highest BCUT2D eigenvalue weighted by atomic mass is 32.1. The van der Waals surface area contributed by atoms with E-state index in [1.807, 2.05) is 22.4 Å². The van der Waals surface area contributed by atoms with E-state index in [1.54, 1.807) is 0 Å². The Morgan fingerprint density at radius 1 is 1.29 bits per heavy atom. The van der Waals surface area contributed by atoms with E-state index in [-0.39, 0.29) is 23.8 Å². The number of nitrogens with one attached hydrogen (secondary N) is 1. The molecule has 1 aliphatic heterocycles. The molecule has 1 atom stereocenters. The minimum Gasteiger partial charge on any atom is -0.353 e. The number of thiophene rings is 1. The Bertz CT molecular complexity index is 507. The van der Waals surface area contributed by atoms with Gasteiger partial charge in [-0.15, -0.1) is 11.3 Å². The van der Waals surface area contributed by atoms with Crippen LogP contribution in [0.3, 0.4) is 0 Å². The molecule has 1 fully saturated rings. The van der Waals surface area contributed by atoms with E-state index >= 15 is 0 Å². The first-order valence-electron chi connectivity index (χ1n) is 9.25. The van der Waals surface area contributed by atoms with Gasteiger partial charge in [-0.3, -0.25) is 9.59 Å². The van der Waals surface area contributed by atoms with Crippen molar-refractivity contribution in [3.05, 3.63) is 22.4 Å². The van der Waals surface area contributed by atoms with Crippen LogP contribution in [0.25, 0.3) is 0 Å². The highest BCUT2D eigenvalue weighted by Gasteiger charge is 2.28. The van der Waals surface area contributed by atoms with E-state index in [1.165, 1.54) is 37.0 Å². The Balaban J connectivity index is 1.69. The van der Waals surface area contributed by atoms with Gasteiger partial charge in [-0.1, -0.05) is 38.7 Å². The Kier molecular flexibility index (Phi) is 7.76. The number of piperidine rings is 1.